The van der Waals surface area contributed by atoms with Crippen molar-refractivity contribution in [3.63, 3.8) is 0 Å². The molecule has 0 aliphatic rings. The van der Waals surface area contributed by atoms with Crippen molar-refractivity contribution >= 4 is 17.1 Å². The second kappa shape index (κ2) is 11.2. The Kier molecular flexibility index (Phi) is 7.66. The third-order valence-corrected chi connectivity index (χ3v) is 5.14. The fourth-order valence-corrected chi connectivity index (χ4v) is 3.52. The third-order valence-electron chi connectivity index (χ3n) is 5.14. The minimum atomic E-state index is -0.436. The van der Waals surface area contributed by atoms with Crippen LogP contribution >= 0.6 is 0 Å². The Bertz CT molecular complexity index is 1130. The summed E-state index contributed by atoms with van der Waals surface area (Å²) in [5, 5.41) is 3.27. The van der Waals surface area contributed by atoms with Crippen LogP contribution in [0.5, 0.6) is 5.75 Å². The molecule has 0 saturated heterocycles. The zero-order chi connectivity index (χ0) is 22.9. The molecule has 4 aromatic rings. The topological polar surface area (TPSA) is 86.5 Å². The molecule has 2 heterocycles. The lowest BCUT2D eigenvalue weighted by molar-refractivity contribution is -0.145. The van der Waals surface area contributed by atoms with Crippen molar-refractivity contribution in [3.8, 4) is 5.75 Å². The molecule has 7 nitrogen and oxygen atoms in total. The number of benzene rings is 2. The van der Waals surface area contributed by atoms with E-state index in [4.69, 9.17) is 13.9 Å². The molecule has 0 amide bonds. The van der Waals surface area contributed by atoms with Gasteiger partial charge in [-0.2, -0.15) is 0 Å². The molecule has 2 aromatic heterocycles. The summed E-state index contributed by atoms with van der Waals surface area (Å²) in [6.45, 7) is 3.86. The standard InChI is InChI=1S/C26H27N3O4/c1-2-31-26(30)21(22-7-5-6-14-28-22)17-19-10-12-20(13-11-19)32-16-15-27-18-25-29-23-8-3-4-9-24(23)33-25/h3-14,21,27H,2,15-18H2,1H3. The lowest BCUT2D eigenvalue weighted by Crippen LogP contribution is -2.20. The largest absolute Gasteiger partial charge is 0.492 e. The highest BCUT2D eigenvalue weighted by molar-refractivity contribution is 5.78. The number of nitrogens with zero attached hydrogens (tertiary/aromatic N) is 2. The number of carbonyl (C=O) groups is 1. The molecule has 0 aliphatic heterocycles. The van der Waals surface area contributed by atoms with Gasteiger partial charge in [-0.05, 0) is 55.3 Å². The molecular formula is C26H27N3O4. The zero-order valence-corrected chi connectivity index (χ0v) is 18.6. The summed E-state index contributed by atoms with van der Waals surface area (Å²) < 4.78 is 16.8. The van der Waals surface area contributed by atoms with Crippen molar-refractivity contribution < 1.29 is 18.7 Å². The molecule has 1 unspecified atom stereocenters. The molecule has 7 heteroatoms. The Morgan fingerprint density at radius 3 is 2.64 bits per heavy atom. The van der Waals surface area contributed by atoms with E-state index in [1.807, 2.05) is 73.7 Å². The van der Waals surface area contributed by atoms with E-state index in [1.54, 1.807) is 6.20 Å². The molecule has 170 valence electrons. The normalized spacial score (nSPS) is 11.9. The van der Waals surface area contributed by atoms with Gasteiger partial charge in [0.2, 0.25) is 5.89 Å². The van der Waals surface area contributed by atoms with Gasteiger partial charge in [0.15, 0.2) is 5.58 Å². The molecule has 2 aromatic carbocycles. The summed E-state index contributed by atoms with van der Waals surface area (Å²) in [6.07, 6.45) is 2.21. The summed E-state index contributed by atoms with van der Waals surface area (Å²) >= 11 is 0. The van der Waals surface area contributed by atoms with Crippen molar-refractivity contribution in [2.75, 3.05) is 19.8 Å². The van der Waals surface area contributed by atoms with Crippen LogP contribution < -0.4 is 10.1 Å². The highest BCUT2D eigenvalue weighted by Crippen LogP contribution is 2.22. The second-order valence-electron chi connectivity index (χ2n) is 7.51. The van der Waals surface area contributed by atoms with Crippen molar-refractivity contribution in [3.05, 3.63) is 90.1 Å². The van der Waals surface area contributed by atoms with Gasteiger partial charge in [-0.3, -0.25) is 9.78 Å². The van der Waals surface area contributed by atoms with Gasteiger partial charge in [-0.15, -0.1) is 0 Å². The number of carbonyl (C=O) groups excluding carboxylic acids is 1. The predicted octanol–water partition coefficient (Wildman–Crippen LogP) is 4.28. The molecular weight excluding hydrogens is 418 g/mol. The van der Waals surface area contributed by atoms with E-state index >= 15 is 0 Å². The number of nitrogens with one attached hydrogen (secondary N) is 1. The molecule has 33 heavy (non-hydrogen) atoms. The monoisotopic (exact) mass is 445 g/mol. The zero-order valence-electron chi connectivity index (χ0n) is 18.6. The molecule has 0 fully saturated rings. The fraction of sp³-hybridized carbons (Fsp3) is 0.269. The van der Waals surface area contributed by atoms with Crippen LogP contribution in [0.1, 0.15) is 30.0 Å². The van der Waals surface area contributed by atoms with E-state index in [9.17, 15) is 4.79 Å². The van der Waals surface area contributed by atoms with Crippen LogP contribution in [-0.2, 0) is 22.5 Å². The van der Waals surface area contributed by atoms with E-state index in [1.165, 1.54) is 0 Å². The Hall–Kier alpha value is -3.71. The Labute approximate surface area is 192 Å². The number of hydrogen-bond acceptors (Lipinski definition) is 7. The highest BCUT2D eigenvalue weighted by atomic mass is 16.5. The summed E-state index contributed by atoms with van der Waals surface area (Å²) in [6, 6.07) is 21.0. The first-order valence-electron chi connectivity index (χ1n) is 11.1. The number of ether oxygens (including phenoxy) is 2. The van der Waals surface area contributed by atoms with Crippen molar-refractivity contribution in [1.82, 2.24) is 15.3 Å². The van der Waals surface area contributed by atoms with Crippen LogP contribution in [-0.4, -0.2) is 35.7 Å². The van der Waals surface area contributed by atoms with Crippen LogP contribution in [0, 0.1) is 0 Å². The molecule has 4 rings (SSSR count). The SMILES string of the molecule is CCOC(=O)C(Cc1ccc(OCCNCc2nc3ccccc3o2)cc1)c1ccccn1. The van der Waals surface area contributed by atoms with Gasteiger partial charge in [-0.25, -0.2) is 4.98 Å². The third kappa shape index (κ3) is 6.17. The first-order valence-corrected chi connectivity index (χ1v) is 11.1. The number of fused-ring (bicyclic) bond motifs is 1. The number of para-hydroxylation sites is 2. The van der Waals surface area contributed by atoms with Gasteiger partial charge in [0.05, 0.1) is 18.8 Å². The maximum atomic E-state index is 12.5. The Balaban J connectivity index is 1.25. The maximum Gasteiger partial charge on any atom is 0.315 e. The van der Waals surface area contributed by atoms with Gasteiger partial charge in [0, 0.05) is 12.7 Å². The number of oxazole rings is 1. The van der Waals surface area contributed by atoms with Gasteiger partial charge >= 0.3 is 5.97 Å². The van der Waals surface area contributed by atoms with Crippen LogP contribution in [0.25, 0.3) is 11.1 Å². The Morgan fingerprint density at radius 2 is 1.88 bits per heavy atom. The Morgan fingerprint density at radius 1 is 1.06 bits per heavy atom. The second-order valence-corrected chi connectivity index (χ2v) is 7.51. The van der Waals surface area contributed by atoms with E-state index in [2.05, 4.69) is 15.3 Å². The quantitative estimate of drug-likeness (QED) is 0.272. The minimum absolute atomic E-state index is 0.262. The van der Waals surface area contributed by atoms with Crippen molar-refractivity contribution in [2.45, 2.75) is 25.8 Å². The van der Waals surface area contributed by atoms with E-state index in [-0.39, 0.29) is 5.97 Å². The van der Waals surface area contributed by atoms with Crippen LogP contribution in [0.3, 0.4) is 0 Å². The van der Waals surface area contributed by atoms with E-state index in [0.29, 0.717) is 44.3 Å². The van der Waals surface area contributed by atoms with Crippen LogP contribution in [0.2, 0.25) is 0 Å². The molecule has 1 atom stereocenters. The average molecular weight is 446 g/mol. The smallest absolute Gasteiger partial charge is 0.315 e. The fourth-order valence-electron chi connectivity index (χ4n) is 3.52. The summed E-state index contributed by atoms with van der Waals surface area (Å²) in [7, 11) is 0. The highest BCUT2D eigenvalue weighted by Gasteiger charge is 2.23. The molecule has 0 aliphatic carbocycles. The summed E-state index contributed by atoms with van der Waals surface area (Å²) in [4.78, 5) is 21.3. The van der Waals surface area contributed by atoms with E-state index in [0.717, 1.165) is 22.4 Å². The molecule has 0 spiro atoms. The lowest BCUT2D eigenvalue weighted by Gasteiger charge is -2.15. The van der Waals surface area contributed by atoms with Gasteiger partial charge in [0.1, 0.15) is 23.8 Å². The van der Waals surface area contributed by atoms with Crippen molar-refractivity contribution in [1.29, 1.82) is 0 Å². The van der Waals surface area contributed by atoms with Gasteiger partial charge in [-0.1, -0.05) is 30.3 Å². The number of hydrogen-bond donors (Lipinski definition) is 1. The van der Waals surface area contributed by atoms with Gasteiger partial charge < -0.3 is 19.2 Å². The number of rotatable bonds is 11. The molecule has 0 bridgehead atoms. The summed E-state index contributed by atoms with van der Waals surface area (Å²) in [5.41, 5.74) is 3.37. The predicted molar refractivity (Wildman–Crippen MR) is 125 cm³/mol. The number of aromatic nitrogens is 2. The molecule has 1 N–H and O–H groups in total. The lowest BCUT2D eigenvalue weighted by atomic mass is 9.95. The van der Waals surface area contributed by atoms with Crippen LogP contribution in [0.15, 0.2) is 77.3 Å². The first-order chi connectivity index (χ1) is 16.2. The minimum Gasteiger partial charge on any atom is -0.492 e. The number of esters is 1. The molecule has 0 saturated carbocycles. The average Bonchev–Trinajstić information content (AvgIpc) is 3.27. The van der Waals surface area contributed by atoms with E-state index < -0.39 is 5.92 Å². The summed E-state index contributed by atoms with van der Waals surface area (Å²) in [5.74, 6) is 0.730. The molecule has 0 radical (unpaired) electrons. The van der Waals surface area contributed by atoms with Crippen molar-refractivity contribution in [2.24, 2.45) is 0 Å². The number of pyridine rings is 1. The first kappa shape index (κ1) is 22.5. The van der Waals surface area contributed by atoms with Gasteiger partial charge in [0.25, 0.3) is 0 Å². The maximum absolute atomic E-state index is 12.5. The van der Waals surface area contributed by atoms with Crippen LogP contribution in [0.4, 0.5) is 0 Å².